The van der Waals surface area contributed by atoms with E-state index in [-0.39, 0.29) is 30.6 Å². The first-order chi connectivity index (χ1) is 11.5. The molecule has 0 spiro atoms. The van der Waals surface area contributed by atoms with Crippen molar-refractivity contribution in [2.24, 2.45) is 23.2 Å². The number of ether oxygens (including phenoxy) is 3. The van der Waals surface area contributed by atoms with E-state index in [0.29, 0.717) is 24.2 Å². The van der Waals surface area contributed by atoms with Crippen LogP contribution in [0.4, 0.5) is 0 Å². The van der Waals surface area contributed by atoms with Crippen molar-refractivity contribution in [2.75, 3.05) is 0 Å². The minimum absolute atomic E-state index is 0.0371. The van der Waals surface area contributed by atoms with Crippen LogP contribution >= 0.6 is 0 Å². The van der Waals surface area contributed by atoms with Gasteiger partial charge in [-0.05, 0) is 47.0 Å². The number of hydrogen-bond acceptors (Lipinski definition) is 5. The number of carbonyl (C=O) groups excluding carboxylic acids is 2. The molecule has 140 valence electrons. The van der Waals surface area contributed by atoms with Crippen LogP contribution in [-0.2, 0) is 23.8 Å². The number of rotatable bonds is 6. The number of carbonyl (C=O) groups is 2. The third-order valence-electron chi connectivity index (χ3n) is 6.20. The van der Waals surface area contributed by atoms with E-state index in [2.05, 4.69) is 6.58 Å². The molecule has 25 heavy (non-hydrogen) atoms. The summed E-state index contributed by atoms with van der Waals surface area (Å²) in [6.45, 7) is 13.1. The van der Waals surface area contributed by atoms with Crippen LogP contribution in [0.15, 0.2) is 12.3 Å². The molecule has 3 fully saturated rings. The summed E-state index contributed by atoms with van der Waals surface area (Å²) in [6, 6.07) is 0. The maximum Gasteiger partial charge on any atom is 0.312 e. The van der Waals surface area contributed by atoms with Gasteiger partial charge in [0.1, 0.15) is 17.8 Å². The minimum Gasteiger partial charge on any atom is -0.491 e. The molecule has 2 aliphatic carbocycles. The highest BCUT2D eigenvalue weighted by molar-refractivity contribution is 5.77. The van der Waals surface area contributed by atoms with Crippen LogP contribution in [0.3, 0.4) is 0 Å². The van der Waals surface area contributed by atoms with E-state index in [0.717, 1.165) is 18.6 Å². The van der Waals surface area contributed by atoms with Crippen molar-refractivity contribution >= 4 is 11.9 Å². The third-order valence-corrected chi connectivity index (χ3v) is 6.20. The molecule has 5 atom stereocenters. The summed E-state index contributed by atoms with van der Waals surface area (Å²) >= 11 is 0. The molecule has 0 radical (unpaired) electrons. The normalized spacial score (nSPS) is 33.3. The smallest absolute Gasteiger partial charge is 0.312 e. The molecule has 0 N–H and O–H groups in total. The van der Waals surface area contributed by atoms with Crippen LogP contribution in [0.2, 0.25) is 0 Å². The van der Waals surface area contributed by atoms with Gasteiger partial charge in [0, 0.05) is 17.8 Å². The lowest BCUT2D eigenvalue weighted by atomic mass is 9.87. The van der Waals surface area contributed by atoms with E-state index in [1.807, 2.05) is 20.8 Å². The fourth-order valence-electron chi connectivity index (χ4n) is 4.31. The molecule has 2 bridgehead atoms. The Balaban J connectivity index is 1.56. The molecule has 1 aliphatic heterocycles. The quantitative estimate of drug-likeness (QED) is 0.685. The van der Waals surface area contributed by atoms with Crippen LogP contribution in [0.1, 0.15) is 60.3 Å². The van der Waals surface area contributed by atoms with Crippen LogP contribution in [0.25, 0.3) is 0 Å². The minimum atomic E-state index is -0.888. The maximum atomic E-state index is 12.5. The Bertz CT molecular complexity index is 591. The Morgan fingerprint density at radius 3 is 2.56 bits per heavy atom. The zero-order valence-corrected chi connectivity index (χ0v) is 16.0. The van der Waals surface area contributed by atoms with Gasteiger partial charge in [-0.15, -0.1) is 0 Å². The van der Waals surface area contributed by atoms with E-state index in [4.69, 9.17) is 14.2 Å². The van der Waals surface area contributed by atoms with Crippen LogP contribution < -0.4 is 0 Å². The summed E-state index contributed by atoms with van der Waals surface area (Å²) in [6.07, 6.45) is 2.55. The molecular weight excluding hydrogens is 320 g/mol. The zero-order chi connectivity index (χ0) is 18.6. The van der Waals surface area contributed by atoms with Gasteiger partial charge in [0.2, 0.25) is 0 Å². The third kappa shape index (κ3) is 3.30. The first-order valence-electron chi connectivity index (χ1n) is 9.32. The van der Waals surface area contributed by atoms with Gasteiger partial charge in [0.15, 0.2) is 0 Å². The first kappa shape index (κ1) is 18.3. The maximum absolute atomic E-state index is 12.5. The van der Waals surface area contributed by atoms with Gasteiger partial charge in [-0.1, -0.05) is 13.5 Å². The van der Waals surface area contributed by atoms with E-state index in [1.54, 1.807) is 13.8 Å². The highest BCUT2D eigenvalue weighted by atomic mass is 16.6. The summed E-state index contributed by atoms with van der Waals surface area (Å²) in [5.41, 5.74) is -1.44. The number of hydrogen-bond donors (Lipinski definition) is 0. The molecule has 5 nitrogen and oxygen atoms in total. The highest BCUT2D eigenvalue weighted by Gasteiger charge is 2.61. The second-order valence-corrected chi connectivity index (χ2v) is 9.07. The van der Waals surface area contributed by atoms with Gasteiger partial charge >= 0.3 is 11.9 Å². The summed E-state index contributed by atoms with van der Waals surface area (Å²) in [4.78, 5) is 24.7. The summed E-state index contributed by atoms with van der Waals surface area (Å²) in [7, 11) is 0. The lowest BCUT2D eigenvalue weighted by Gasteiger charge is -2.31. The Hall–Kier alpha value is -1.52. The summed E-state index contributed by atoms with van der Waals surface area (Å²) < 4.78 is 17.2. The monoisotopic (exact) mass is 350 g/mol. The van der Waals surface area contributed by atoms with Crippen LogP contribution in [0, 0.1) is 23.2 Å². The van der Waals surface area contributed by atoms with Gasteiger partial charge in [-0.2, -0.15) is 0 Å². The first-order valence-corrected chi connectivity index (χ1v) is 9.32. The molecule has 0 aromatic rings. The van der Waals surface area contributed by atoms with Gasteiger partial charge in [-0.3, -0.25) is 9.59 Å². The van der Waals surface area contributed by atoms with E-state index >= 15 is 0 Å². The van der Waals surface area contributed by atoms with Gasteiger partial charge < -0.3 is 14.2 Å². The fraction of sp³-hybridized carbons (Fsp3) is 0.800. The Labute approximate surface area is 150 Å². The average molecular weight is 350 g/mol. The van der Waals surface area contributed by atoms with E-state index < -0.39 is 11.0 Å². The Kier molecular flexibility index (Phi) is 4.41. The molecule has 5 unspecified atom stereocenters. The second-order valence-electron chi connectivity index (χ2n) is 9.07. The van der Waals surface area contributed by atoms with Crippen molar-refractivity contribution in [2.45, 2.75) is 78.1 Å². The van der Waals surface area contributed by atoms with E-state index in [9.17, 15) is 9.59 Å². The summed E-state index contributed by atoms with van der Waals surface area (Å²) in [5.74, 6) is 1.50. The van der Waals surface area contributed by atoms with Crippen LogP contribution in [0.5, 0.6) is 0 Å². The second kappa shape index (κ2) is 6.03. The van der Waals surface area contributed by atoms with Crippen molar-refractivity contribution in [1.82, 2.24) is 0 Å². The molecule has 0 amide bonds. The van der Waals surface area contributed by atoms with Crippen LogP contribution in [-0.4, -0.2) is 29.7 Å². The standard InChI is InChI=1S/C20H30O5/c1-7-19(3,4)18(22)25-20(5,6)10-15(21)24-16-12-8-13-11(2)23-17(16)14(13)9-12/h12-14,16-17H,2,7-10H2,1,3-6H3. The largest absolute Gasteiger partial charge is 0.491 e. The number of fused-ring (bicyclic) bond motifs is 1. The lowest BCUT2D eigenvalue weighted by molar-refractivity contribution is -0.175. The molecule has 2 saturated carbocycles. The average Bonchev–Trinajstić information content (AvgIpc) is 3.10. The van der Waals surface area contributed by atoms with Gasteiger partial charge in [0.25, 0.3) is 0 Å². The molecule has 0 aromatic carbocycles. The molecular formula is C20H30O5. The van der Waals surface area contributed by atoms with Crippen molar-refractivity contribution in [3.63, 3.8) is 0 Å². The number of esters is 2. The molecule has 5 heteroatoms. The number of allylic oxidation sites excluding steroid dienone is 1. The molecule has 1 saturated heterocycles. The summed E-state index contributed by atoms with van der Waals surface area (Å²) in [5, 5.41) is 0. The van der Waals surface area contributed by atoms with Gasteiger partial charge in [0.05, 0.1) is 17.6 Å². The van der Waals surface area contributed by atoms with E-state index in [1.165, 1.54) is 0 Å². The molecule has 3 aliphatic rings. The fourth-order valence-corrected chi connectivity index (χ4v) is 4.31. The zero-order valence-electron chi connectivity index (χ0n) is 16.0. The van der Waals surface area contributed by atoms with Crippen molar-refractivity contribution < 1.29 is 23.8 Å². The molecule has 1 heterocycles. The topological polar surface area (TPSA) is 61.8 Å². The van der Waals surface area contributed by atoms with Crippen molar-refractivity contribution in [1.29, 1.82) is 0 Å². The Morgan fingerprint density at radius 2 is 1.92 bits per heavy atom. The van der Waals surface area contributed by atoms with Crippen molar-refractivity contribution in [3.05, 3.63) is 12.3 Å². The molecule has 3 rings (SSSR count). The SMILES string of the molecule is C=C1OC2C3CC(CC13)C2OC(=O)CC(C)(C)OC(=O)C(C)(C)CC. The lowest BCUT2D eigenvalue weighted by Crippen LogP contribution is -2.40. The van der Waals surface area contributed by atoms with Crippen molar-refractivity contribution in [3.8, 4) is 0 Å². The van der Waals surface area contributed by atoms with Gasteiger partial charge in [-0.25, -0.2) is 0 Å². The molecule has 0 aromatic heterocycles. The predicted octanol–water partition coefficient (Wildman–Crippen LogP) is 3.61. The predicted molar refractivity (Wildman–Crippen MR) is 92.5 cm³/mol. The Morgan fingerprint density at radius 1 is 1.24 bits per heavy atom. The highest BCUT2D eigenvalue weighted by Crippen LogP contribution is 2.58.